The van der Waals surface area contributed by atoms with Gasteiger partial charge in [0, 0.05) is 0 Å². The zero-order valence-corrected chi connectivity index (χ0v) is 11.7. The number of aliphatic hydroxyl groups is 1. The minimum atomic E-state index is -0.500. The predicted octanol–water partition coefficient (Wildman–Crippen LogP) is 3.96. The lowest BCUT2D eigenvalue weighted by atomic mass is 10.2. The van der Waals surface area contributed by atoms with Crippen LogP contribution in [0.15, 0.2) is 0 Å². The molecule has 0 saturated heterocycles. The number of hydrogen-bond acceptors (Lipinski definition) is 2. The Morgan fingerprint density at radius 2 is 1.13 bits per heavy atom. The Bertz CT molecular complexity index is 109. The number of rotatable bonds is 3. The van der Waals surface area contributed by atoms with E-state index in [2.05, 4.69) is 13.8 Å². The summed E-state index contributed by atoms with van der Waals surface area (Å²) in [4.78, 5) is 9.44. The summed E-state index contributed by atoms with van der Waals surface area (Å²) in [6.07, 6.45) is 5.54. The van der Waals surface area contributed by atoms with E-state index >= 15 is 0 Å². The van der Waals surface area contributed by atoms with Gasteiger partial charge in [-0.1, -0.05) is 39.5 Å². The molecule has 2 heteroatoms. The summed E-state index contributed by atoms with van der Waals surface area (Å²) in [5.41, 5.74) is -0.500. The molecule has 0 fully saturated rings. The lowest BCUT2D eigenvalue weighted by Gasteiger charge is -2.04. The first kappa shape index (κ1) is 20.1. The van der Waals surface area contributed by atoms with E-state index in [4.69, 9.17) is 5.11 Å². The molecule has 0 atom stereocenters. The van der Waals surface area contributed by atoms with Crippen LogP contribution in [-0.4, -0.2) is 16.5 Å². The molecule has 0 aliphatic carbocycles. The van der Waals surface area contributed by atoms with Crippen molar-refractivity contribution >= 4 is 5.78 Å². The van der Waals surface area contributed by atoms with Gasteiger partial charge < -0.3 is 9.90 Å². The number of hydrogen-bond donors (Lipinski definition) is 1. The summed E-state index contributed by atoms with van der Waals surface area (Å²) in [5, 5.41) is 8.52. The molecule has 94 valence electrons. The molecule has 15 heavy (non-hydrogen) atoms. The molecule has 0 spiro atoms. The molecule has 0 aromatic carbocycles. The highest BCUT2D eigenvalue weighted by Crippen LogP contribution is 1.95. The molecule has 1 N–H and O–H groups in total. The average molecular weight is 218 g/mol. The Balaban J connectivity index is -0.000000147. The number of carbonyl (C=O) groups is 1. The Labute approximate surface area is 96.1 Å². The van der Waals surface area contributed by atoms with Gasteiger partial charge in [0.15, 0.2) is 0 Å². The molecule has 0 radical (unpaired) electrons. The van der Waals surface area contributed by atoms with Gasteiger partial charge in [-0.05, 0) is 34.6 Å². The highest BCUT2D eigenvalue weighted by atomic mass is 16.3. The lowest BCUT2D eigenvalue weighted by molar-refractivity contribution is -0.114. The standard InChI is InChI=1S/C6H14.C4H10O.C3H6O/c1-3-5-6-4-2;1-4(2,3)5;1-3(2)4/h3-6H2,1-2H3;5H,1-3H3;1-2H3. The zero-order chi connectivity index (χ0) is 12.9. The highest BCUT2D eigenvalue weighted by molar-refractivity contribution is 5.72. The van der Waals surface area contributed by atoms with Gasteiger partial charge in [0.05, 0.1) is 5.60 Å². The minimum Gasteiger partial charge on any atom is -0.391 e. The normalized spacial score (nSPS) is 9.33. The molecular weight excluding hydrogens is 188 g/mol. The average Bonchev–Trinajstić information content (AvgIpc) is 1.96. The fraction of sp³-hybridized carbons (Fsp3) is 0.923. The summed E-state index contributed by atoms with van der Waals surface area (Å²) in [5.74, 6) is 0.167. The van der Waals surface area contributed by atoms with Crippen LogP contribution in [0, 0.1) is 0 Å². The van der Waals surface area contributed by atoms with Crippen molar-refractivity contribution in [3.8, 4) is 0 Å². The van der Waals surface area contributed by atoms with Crippen LogP contribution in [-0.2, 0) is 4.79 Å². The maximum Gasteiger partial charge on any atom is 0.126 e. The molecule has 0 aliphatic rings. The van der Waals surface area contributed by atoms with E-state index in [9.17, 15) is 4.79 Å². The fourth-order valence-corrected chi connectivity index (χ4v) is 0.500. The number of ketones is 1. The van der Waals surface area contributed by atoms with Crippen molar-refractivity contribution in [2.45, 2.75) is 79.8 Å². The van der Waals surface area contributed by atoms with Crippen LogP contribution in [0.3, 0.4) is 0 Å². The van der Waals surface area contributed by atoms with Gasteiger partial charge in [-0.3, -0.25) is 0 Å². The molecule has 0 saturated carbocycles. The molecule has 0 heterocycles. The van der Waals surface area contributed by atoms with Crippen LogP contribution in [0.1, 0.15) is 74.1 Å². The Morgan fingerprint density at radius 3 is 1.20 bits per heavy atom. The third-order valence-electron chi connectivity index (χ3n) is 0.957. The second-order valence-corrected chi connectivity index (χ2v) is 4.79. The van der Waals surface area contributed by atoms with Gasteiger partial charge in [-0.25, -0.2) is 0 Å². The molecule has 0 rings (SSSR count). The zero-order valence-electron chi connectivity index (χ0n) is 11.7. The number of carbonyl (C=O) groups excluding carboxylic acids is 1. The molecule has 0 bridgehead atoms. The van der Waals surface area contributed by atoms with Crippen LogP contribution < -0.4 is 0 Å². The fourth-order valence-electron chi connectivity index (χ4n) is 0.500. The van der Waals surface area contributed by atoms with E-state index in [-0.39, 0.29) is 5.78 Å². The van der Waals surface area contributed by atoms with E-state index in [0.29, 0.717) is 0 Å². The smallest absolute Gasteiger partial charge is 0.126 e. The van der Waals surface area contributed by atoms with Crippen LogP contribution in [0.4, 0.5) is 0 Å². The van der Waals surface area contributed by atoms with Crippen molar-refractivity contribution in [2.24, 2.45) is 0 Å². The maximum absolute atomic E-state index is 9.44. The number of unbranched alkanes of at least 4 members (excludes halogenated alkanes) is 3. The summed E-state index contributed by atoms with van der Waals surface area (Å²) in [6, 6.07) is 0. The topological polar surface area (TPSA) is 37.3 Å². The van der Waals surface area contributed by atoms with Crippen molar-refractivity contribution < 1.29 is 9.90 Å². The maximum atomic E-state index is 9.44. The van der Waals surface area contributed by atoms with Crippen molar-refractivity contribution in [3.63, 3.8) is 0 Å². The van der Waals surface area contributed by atoms with Crippen LogP contribution in [0.2, 0.25) is 0 Å². The highest BCUT2D eigenvalue weighted by Gasteiger charge is 1.97. The van der Waals surface area contributed by atoms with E-state index in [0.717, 1.165) is 0 Å². The van der Waals surface area contributed by atoms with Crippen molar-refractivity contribution in [2.75, 3.05) is 0 Å². The van der Waals surface area contributed by atoms with Crippen molar-refractivity contribution in [3.05, 3.63) is 0 Å². The van der Waals surface area contributed by atoms with E-state index < -0.39 is 5.60 Å². The summed E-state index contributed by atoms with van der Waals surface area (Å²) in [6.45, 7) is 12.7. The third kappa shape index (κ3) is 267. The van der Waals surface area contributed by atoms with Gasteiger partial charge in [-0.2, -0.15) is 0 Å². The van der Waals surface area contributed by atoms with Gasteiger partial charge in [-0.15, -0.1) is 0 Å². The Morgan fingerprint density at radius 1 is 1.00 bits per heavy atom. The monoisotopic (exact) mass is 218 g/mol. The quantitative estimate of drug-likeness (QED) is 0.728. The largest absolute Gasteiger partial charge is 0.391 e. The van der Waals surface area contributed by atoms with Crippen LogP contribution in [0.5, 0.6) is 0 Å². The predicted molar refractivity (Wildman–Crippen MR) is 68.1 cm³/mol. The summed E-state index contributed by atoms with van der Waals surface area (Å²) in [7, 11) is 0. The summed E-state index contributed by atoms with van der Waals surface area (Å²) >= 11 is 0. The van der Waals surface area contributed by atoms with Crippen LogP contribution >= 0.6 is 0 Å². The first-order valence-electron chi connectivity index (χ1n) is 5.84. The molecule has 0 amide bonds. The van der Waals surface area contributed by atoms with Gasteiger partial charge in [0.1, 0.15) is 5.78 Å². The van der Waals surface area contributed by atoms with E-state index in [1.807, 2.05) is 0 Å². The van der Waals surface area contributed by atoms with E-state index in [1.54, 1.807) is 20.8 Å². The molecule has 0 aromatic heterocycles. The number of Topliss-reactive ketones (excluding diaryl/α,β-unsaturated/α-hetero) is 1. The Kier molecular flexibility index (Phi) is 18.3. The summed E-state index contributed by atoms with van der Waals surface area (Å²) < 4.78 is 0. The van der Waals surface area contributed by atoms with Crippen LogP contribution in [0.25, 0.3) is 0 Å². The van der Waals surface area contributed by atoms with Gasteiger partial charge in [0.2, 0.25) is 0 Å². The first-order chi connectivity index (χ1) is 6.65. The lowest BCUT2D eigenvalue weighted by Crippen LogP contribution is -2.10. The first-order valence-corrected chi connectivity index (χ1v) is 5.84. The second kappa shape index (κ2) is 13.6. The molecule has 0 aliphatic heterocycles. The minimum absolute atomic E-state index is 0.167. The van der Waals surface area contributed by atoms with E-state index in [1.165, 1.54) is 39.5 Å². The Hall–Kier alpha value is -0.370. The van der Waals surface area contributed by atoms with Crippen molar-refractivity contribution in [1.82, 2.24) is 0 Å². The third-order valence-corrected chi connectivity index (χ3v) is 0.957. The second-order valence-electron chi connectivity index (χ2n) is 4.79. The van der Waals surface area contributed by atoms with Gasteiger partial charge >= 0.3 is 0 Å². The SMILES string of the molecule is CC(C)(C)O.CC(C)=O.CCCCCC. The molecule has 0 aromatic rings. The van der Waals surface area contributed by atoms with Crippen molar-refractivity contribution in [1.29, 1.82) is 0 Å². The molecular formula is C13H30O2. The molecule has 2 nitrogen and oxygen atoms in total. The van der Waals surface area contributed by atoms with Gasteiger partial charge in [0.25, 0.3) is 0 Å². The molecule has 0 unspecified atom stereocenters.